The van der Waals surface area contributed by atoms with Gasteiger partial charge in [-0.1, -0.05) is 47.6 Å². The summed E-state index contributed by atoms with van der Waals surface area (Å²) in [5.74, 6) is -1.21. The topological polar surface area (TPSA) is 89.7 Å². The van der Waals surface area contributed by atoms with Crippen LogP contribution in [0.4, 0.5) is 4.39 Å². The maximum atomic E-state index is 13.9. The van der Waals surface area contributed by atoms with Crippen LogP contribution in [0, 0.1) is 11.7 Å². The van der Waals surface area contributed by atoms with Crippen molar-refractivity contribution in [1.29, 1.82) is 0 Å². The van der Waals surface area contributed by atoms with E-state index in [1.54, 1.807) is 6.07 Å². The minimum absolute atomic E-state index is 0.0492. The smallest absolute Gasteiger partial charge is 0.309 e. The Kier molecular flexibility index (Phi) is 6.15. The lowest BCUT2D eigenvalue weighted by atomic mass is 9.98. The number of hydrogen-bond acceptors (Lipinski definition) is 6. The number of esters is 1. The van der Waals surface area contributed by atoms with Crippen LogP contribution in [0.15, 0.2) is 70.1 Å². The number of rotatable bonds is 6. The molecule has 1 aliphatic rings. The van der Waals surface area contributed by atoms with E-state index in [0.29, 0.717) is 24.3 Å². The van der Waals surface area contributed by atoms with E-state index in [0.717, 1.165) is 11.6 Å². The van der Waals surface area contributed by atoms with Gasteiger partial charge in [0.25, 0.3) is 0 Å². The van der Waals surface area contributed by atoms with Crippen molar-refractivity contribution >= 4 is 16.0 Å². The van der Waals surface area contributed by atoms with E-state index in [2.05, 4.69) is 5.16 Å². The molecule has 0 radical (unpaired) electrons. The molecule has 0 saturated carbocycles. The maximum absolute atomic E-state index is 13.9. The van der Waals surface area contributed by atoms with Crippen molar-refractivity contribution in [3.8, 4) is 11.3 Å². The standard InChI is InChI=1S/C22H21FN2O5S/c23-19-8-4-5-9-21(19)31(27,28)25-12-10-17(11-13-25)22(26)29-15-18-14-20(24-30-18)16-6-2-1-3-7-16/h1-9,14,17H,10-13,15H2. The van der Waals surface area contributed by atoms with Crippen molar-refractivity contribution < 1.29 is 26.9 Å². The Morgan fingerprint density at radius 3 is 2.48 bits per heavy atom. The quantitative estimate of drug-likeness (QED) is 0.540. The molecule has 0 N–H and O–H groups in total. The van der Waals surface area contributed by atoms with Crippen LogP contribution < -0.4 is 0 Å². The Labute approximate surface area is 179 Å². The van der Waals surface area contributed by atoms with Crippen molar-refractivity contribution in [3.63, 3.8) is 0 Å². The number of aromatic nitrogens is 1. The van der Waals surface area contributed by atoms with Gasteiger partial charge in [-0.05, 0) is 25.0 Å². The van der Waals surface area contributed by atoms with Crippen LogP contribution in [0.2, 0.25) is 0 Å². The van der Waals surface area contributed by atoms with Crippen molar-refractivity contribution in [2.24, 2.45) is 5.92 Å². The van der Waals surface area contributed by atoms with Crippen molar-refractivity contribution in [2.45, 2.75) is 24.3 Å². The third-order valence-electron chi connectivity index (χ3n) is 5.23. The molecular weight excluding hydrogens is 423 g/mol. The van der Waals surface area contributed by atoms with Crippen molar-refractivity contribution in [3.05, 3.63) is 72.2 Å². The summed E-state index contributed by atoms with van der Waals surface area (Å²) >= 11 is 0. The Bertz CT molecular complexity index is 1160. The molecule has 0 bridgehead atoms. The van der Waals surface area contributed by atoms with Gasteiger partial charge < -0.3 is 9.26 Å². The Hall–Kier alpha value is -3.04. The number of piperidine rings is 1. The highest BCUT2D eigenvalue weighted by Gasteiger charge is 2.34. The molecule has 4 rings (SSSR count). The molecule has 0 aliphatic carbocycles. The van der Waals surface area contributed by atoms with Crippen LogP contribution in [-0.2, 0) is 26.2 Å². The predicted octanol–water partition coefficient (Wildman–Crippen LogP) is 3.62. The highest BCUT2D eigenvalue weighted by molar-refractivity contribution is 7.89. The average molecular weight is 444 g/mol. The molecule has 162 valence electrons. The second-order valence-corrected chi connectivity index (χ2v) is 9.17. The van der Waals surface area contributed by atoms with Gasteiger partial charge >= 0.3 is 5.97 Å². The lowest BCUT2D eigenvalue weighted by Crippen LogP contribution is -2.40. The van der Waals surface area contributed by atoms with Gasteiger partial charge in [0.05, 0.1) is 5.92 Å². The number of benzene rings is 2. The first-order valence-corrected chi connectivity index (χ1v) is 11.3. The lowest BCUT2D eigenvalue weighted by Gasteiger charge is -2.30. The molecule has 1 aliphatic heterocycles. The third-order valence-corrected chi connectivity index (χ3v) is 7.16. The number of sulfonamides is 1. The normalized spacial score (nSPS) is 15.6. The van der Waals surface area contributed by atoms with E-state index in [1.807, 2.05) is 30.3 Å². The first-order valence-electron chi connectivity index (χ1n) is 9.87. The second kappa shape index (κ2) is 8.99. The number of hydrogen-bond donors (Lipinski definition) is 0. The summed E-state index contributed by atoms with van der Waals surface area (Å²) in [4.78, 5) is 12.1. The molecule has 3 aromatic rings. The van der Waals surface area contributed by atoms with E-state index in [4.69, 9.17) is 9.26 Å². The summed E-state index contributed by atoms with van der Waals surface area (Å²) < 4.78 is 51.0. The second-order valence-electron chi connectivity index (χ2n) is 7.26. The molecule has 0 amide bonds. The summed E-state index contributed by atoms with van der Waals surface area (Å²) in [6, 6.07) is 16.5. The number of carbonyl (C=O) groups is 1. The summed E-state index contributed by atoms with van der Waals surface area (Å²) in [6.07, 6.45) is 0.608. The zero-order chi connectivity index (χ0) is 21.8. The average Bonchev–Trinajstić information content (AvgIpc) is 3.27. The molecule has 2 heterocycles. The van der Waals surface area contributed by atoms with Crippen LogP contribution in [0.1, 0.15) is 18.6 Å². The van der Waals surface area contributed by atoms with Crippen molar-refractivity contribution in [1.82, 2.24) is 9.46 Å². The molecular formula is C22H21FN2O5S. The maximum Gasteiger partial charge on any atom is 0.309 e. The molecule has 0 spiro atoms. The number of nitrogens with zero attached hydrogens (tertiary/aromatic N) is 2. The summed E-state index contributed by atoms with van der Waals surface area (Å²) in [6.45, 7) is 0.195. The molecule has 31 heavy (non-hydrogen) atoms. The van der Waals surface area contributed by atoms with Crippen LogP contribution >= 0.6 is 0 Å². The van der Waals surface area contributed by atoms with Gasteiger partial charge in [0, 0.05) is 24.7 Å². The molecule has 9 heteroatoms. The van der Waals surface area contributed by atoms with E-state index in [9.17, 15) is 17.6 Å². The zero-order valence-corrected chi connectivity index (χ0v) is 17.4. The lowest BCUT2D eigenvalue weighted by molar-refractivity contribution is -0.151. The highest BCUT2D eigenvalue weighted by Crippen LogP contribution is 2.26. The first kappa shape index (κ1) is 21.2. The first-order chi connectivity index (χ1) is 14.9. The van der Waals surface area contributed by atoms with Gasteiger partial charge in [-0.15, -0.1) is 0 Å². The fourth-order valence-corrected chi connectivity index (χ4v) is 5.05. The Balaban J connectivity index is 1.31. The molecule has 0 atom stereocenters. The molecule has 7 nitrogen and oxygen atoms in total. The molecule has 1 fully saturated rings. The summed E-state index contributed by atoms with van der Waals surface area (Å²) in [5, 5.41) is 3.98. The van der Waals surface area contributed by atoms with E-state index >= 15 is 0 Å². The van der Waals surface area contributed by atoms with Crippen LogP contribution in [0.5, 0.6) is 0 Å². The van der Waals surface area contributed by atoms with Gasteiger partial charge in [0.1, 0.15) is 16.4 Å². The molecule has 2 aromatic carbocycles. The van der Waals surface area contributed by atoms with Crippen LogP contribution in [-0.4, -0.2) is 36.9 Å². The largest absolute Gasteiger partial charge is 0.457 e. The third kappa shape index (κ3) is 4.67. The monoisotopic (exact) mass is 444 g/mol. The van der Waals surface area contributed by atoms with Gasteiger partial charge in [0.15, 0.2) is 12.4 Å². The minimum Gasteiger partial charge on any atom is -0.457 e. The van der Waals surface area contributed by atoms with Gasteiger partial charge in [-0.3, -0.25) is 4.79 Å². The number of halogens is 1. The predicted molar refractivity (Wildman–Crippen MR) is 110 cm³/mol. The van der Waals surface area contributed by atoms with E-state index in [-0.39, 0.29) is 24.6 Å². The van der Waals surface area contributed by atoms with Gasteiger partial charge in [-0.25, -0.2) is 12.8 Å². The Morgan fingerprint density at radius 1 is 1.10 bits per heavy atom. The fraction of sp³-hybridized carbons (Fsp3) is 0.273. The van der Waals surface area contributed by atoms with Crippen molar-refractivity contribution in [2.75, 3.05) is 13.1 Å². The molecule has 1 aromatic heterocycles. The minimum atomic E-state index is -3.94. The number of carbonyl (C=O) groups excluding carboxylic acids is 1. The zero-order valence-electron chi connectivity index (χ0n) is 16.6. The SMILES string of the molecule is O=C(OCc1cc(-c2ccccc2)no1)C1CCN(S(=O)(=O)c2ccccc2F)CC1. The van der Waals surface area contributed by atoms with Crippen LogP contribution in [0.3, 0.4) is 0 Å². The van der Waals surface area contributed by atoms with Gasteiger partial charge in [0.2, 0.25) is 10.0 Å². The summed E-state index contributed by atoms with van der Waals surface area (Å²) in [5.41, 5.74) is 1.55. The Morgan fingerprint density at radius 2 is 1.77 bits per heavy atom. The fourth-order valence-electron chi connectivity index (χ4n) is 3.51. The summed E-state index contributed by atoms with van der Waals surface area (Å²) in [7, 11) is -3.94. The van der Waals surface area contributed by atoms with Gasteiger partial charge in [-0.2, -0.15) is 4.31 Å². The number of ether oxygens (including phenoxy) is 1. The van der Waals surface area contributed by atoms with E-state index < -0.39 is 27.7 Å². The van der Waals surface area contributed by atoms with E-state index in [1.165, 1.54) is 22.5 Å². The highest BCUT2D eigenvalue weighted by atomic mass is 32.2. The molecule has 1 saturated heterocycles. The molecule has 0 unspecified atom stereocenters. The van der Waals surface area contributed by atoms with Crippen LogP contribution in [0.25, 0.3) is 11.3 Å².